The monoisotopic (exact) mass is 285 g/mol. The highest BCUT2D eigenvalue weighted by atomic mass is 16.3. The van der Waals surface area contributed by atoms with Crippen LogP contribution in [0, 0.1) is 0 Å². The van der Waals surface area contributed by atoms with Gasteiger partial charge in [-0.1, -0.05) is 12.2 Å². The van der Waals surface area contributed by atoms with Crippen molar-refractivity contribution in [1.82, 2.24) is 0 Å². The highest BCUT2D eigenvalue weighted by Gasteiger charge is 2.23. The van der Waals surface area contributed by atoms with Gasteiger partial charge in [0, 0.05) is 12.5 Å². The van der Waals surface area contributed by atoms with E-state index in [4.69, 9.17) is 5.73 Å². The van der Waals surface area contributed by atoms with Gasteiger partial charge in [-0.05, 0) is 46.5 Å². The Morgan fingerprint density at radius 3 is 1.48 bits per heavy atom. The van der Waals surface area contributed by atoms with Crippen LogP contribution >= 0.6 is 0 Å². The van der Waals surface area contributed by atoms with Crippen LogP contribution in [-0.2, 0) is 0 Å². The Bertz CT molecular complexity index is 691. The zero-order valence-electron chi connectivity index (χ0n) is 11.1. The first-order valence-electron chi connectivity index (χ1n) is 6.51. The summed E-state index contributed by atoms with van der Waals surface area (Å²) in [5.74, 6) is -1.10. The summed E-state index contributed by atoms with van der Waals surface area (Å²) in [5, 5.41) is 38.7. The van der Waals surface area contributed by atoms with Crippen molar-refractivity contribution in [1.29, 1.82) is 0 Å². The van der Waals surface area contributed by atoms with Gasteiger partial charge in [-0.3, -0.25) is 0 Å². The van der Waals surface area contributed by atoms with E-state index in [1.807, 2.05) is 0 Å². The average molecular weight is 285 g/mol. The van der Waals surface area contributed by atoms with E-state index >= 15 is 0 Å². The normalized spacial score (nSPS) is 13.6. The summed E-state index contributed by atoms with van der Waals surface area (Å²) in [6, 6.07) is 5.89. The first-order chi connectivity index (χ1) is 10.0. The summed E-state index contributed by atoms with van der Waals surface area (Å²) in [4.78, 5) is 0. The van der Waals surface area contributed by atoms with E-state index in [1.54, 1.807) is 12.2 Å². The number of phenolic OH excluding ortho intramolecular Hbond substituents is 4. The molecule has 1 aliphatic carbocycles. The molecule has 21 heavy (non-hydrogen) atoms. The Labute approximate surface area is 121 Å². The fourth-order valence-electron chi connectivity index (χ4n) is 2.71. The van der Waals surface area contributed by atoms with Crippen molar-refractivity contribution >= 4 is 12.2 Å². The van der Waals surface area contributed by atoms with Crippen LogP contribution in [0.4, 0.5) is 0 Å². The number of hydrogen-bond donors (Lipinski definition) is 5. The van der Waals surface area contributed by atoms with Gasteiger partial charge >= 0.3 is 0 Å². The van der Waals surface area contributed by atoms with E-state index in [0.29, 0.717) is 0 Å². The van der Waals surface area contributed by atoms with Gasteiger partial charge in [0.15, 0.2) is 23.0 Å². The summed E-state index contributed by atoms with van der Waals surface area (Å²) in [6.07, 6.45) is 3.55. The van der Waals surface area contributed by atoms with Crippen LogP contribution in [-0.4, -0.2) is 27.0 Å². The Balaban J connectivity index is 2.28. The molecular weight excluding hydrogens is 270 g/mol. The maximum absolute atomic E-state index is 9.72. The second kappa shape index (κ2) is 4.71. The lowest BCUT2D eigenvalue weighted by Crippen LogP contribution is -2.15. The topological polar surface area (TPSA) is 107 Å². The Morgan fingerprint density at radius 2 is 1.10 bits per heavy atom. The van der Waals surface area contributed by atoms with Gasteiger partial charge in [-0.25, -0.2) is 0 Å². The summed E-state index contributed by atoms with van der Waals surface area (Å²) in [5.41, 5.74) is 8.84. The Kier molecular flexibility index (Phi) is 2.99. The van der Waals surface area contributed by atoms with E-state index in [0.717, 1.165) is 22.3 Å². The van der Waals surface area contributed by atoms with Crippen LogP contribution in [0.25, 0.3) is 12.2 Å². The lowest BCUT2D eigenvalue weighted by molar-refractivity contribution is 0.402. The molecule has 0 aromatic heterocycles. The number of rotatable bonds is 1. The van der Waals surface area contributed by atoms with Crippen LogP contribution in [0.2, 0.25) is 0 Å². The minimum atomic E-state index is -0.261. The summed E-state index contributed by atoms with van der Waals surface area (Å²) in [7, 11) is 0. The Morgan fingerprint density at radius 1 is 0.714 bits per heavy atom. The van der Waals surface area contributed by atoms with Crippen molar-refractivity contribution in [3.63, 3.8) is 0 Å². The number of phenols is 4. The predicted molar refractivity (Wildman–Crippen MR) is 79.4 cm³/mol. The van der Waals surface area contributed by atoms with E-state index in [2.05, 4.69) is 0 Å². The molecule has 3 rings (SSSR count). The maximum atomic E-state index is 9.72. The van der Waals surface area contributed by atoms with Crippen LogP contribution in [0.3, 0.4) is 0 Å². The summed E-state index contributed by atoms with van der Waals surface area (Å²) < 4.78 is 0. The van der Waals surface area contributed by atoms with Gasteiger partial charge in [0.05, 0.1) is 0 Å². The summed E-state index contributed by atoms with van der Waals surface area (Å²) >= 11 is 0. The minimum absolute atomic E-state index is 0.203. The third-order valence-electron chi connectivity index (χ3n) is 3.79. The largest absolute Gasteiger partial charge is 0.504 e. The van der Waals surface area contributed by atoms with Gasteiger partial charge in [0.1, 0.15) is 0 Å². The molecule has 108 valence electrons. The fraction of sp³-hybridized carbons (Fsp3) is 0.125. The molecule has 5 nitrogen and oxygen atoms in total. The van der Waals surface area contributed by atoms with Gasteiger partial charge in [0.25, 0.3) is 0 Å². The Hall–Kier alpha value is -2.66. The van der Waals surface area contributed by atoms with Gasteiger partial charge in [-0.15, -0.1) is 0 Å². The van der Waals surface area contributed by atoms with Crippen molar-refractivity contribution in [3.8, 4) is 23.0 Å². The summed E-state index contributed by atoms with van der Waals surface area (Å²) in [6.45, 7) is 0.260. The molecule has 5 heteroatoms. The molecule has 6 N–H and O–H groups in total. The smallest absolute Gasteiger partial charge is 0.158 e. The van der Waals surface area contributed by atoms with Crippen LogP contribution < -0.4 is 5.73 Å². The van der Waals surface area contributed by atoms with Crippen molar-refractivity contribution in [2.75, 3.05) is 6.54 Å². The fourth-order valence-corrected chi connectivity index (χ4v) is 2.71. The van der Waals surface area contributed by atoms with E-state index < -0.39 is 0 Å². The van der Waals surface area contributed by atoms with Crippen LogP contribution in [0.5, 0.6) is 23.0 Å². The quantitative estimate of drug-likeness (QED) is 0.516. The maximum Gasteiger partial charge on any atom is 0.158 e. The standard InChI is InChI=1S/C16H15NO4/c17-7-12-10-5-15(20)13(18)3-8(10)1-2-9-4-14(19)16(21)6-11(9)12/h1-6,12,18-21H,7,17H2. The van der Waals surface area contributed by atoms with Crippen molar-refractivity contribution in [2.45, 2.75) is 5.92 Å². The molecule has 0 heterocycles. The number of benzene rings is 2. The number of aromatic hydroxyl groups is 4. The second-order valence-electron chi connectivity index (χ2n) is 5.06. The molecule has 0 saturated carbocycles. The molecule has 0 aliphatic heterocycles. The molecule has 0 radical (unpaired) electrons. The number of fused-ring (bicyclic) bond motifs is 2. The van der Waals surface area contributed by atoms with Crippen LogP contribution in [0.15, 0.2) is 24.3 Å². The number of nitrogens with two attached hydrogens (primary N) is 1. The molecule has 2 aromatic carbocycles. The highest BCUT2D eigenvalue weighted by Crippen LogP contribution is 2.41. The third kappa shape index (κ3) is 2.08. The minimum Gasteiger partial charge on any atom is -0.504 e. The average Bonchev–Trinajstić information content (AvgIpc) is 2.58. The lowest BCUT2D eigenvalue weighted by atomic mass is 9.87. The van der Waals surface area contributed by atoms with E-state index in [1.165, 1.54) is 24.3 Å². The second-order valence-corrected chi connectivity index (χ2v) is 5.06. The zero-order valence-corrected chi connectivity index (χ0v) is 11.1. The SMILES string of the molecule is NCC1c2cc(O)c(O)cc2C=Cc2cc(O)c(O)cc21. The predicted octanol–water partition coefficient (Wildman–Crippen LogP) is 2.08. The van der Waals surface area contributed by atoms with Gasteiger partial charge in [-0.2, -0.15) is 0 Å². The molecular formula is C16H15NO4. The molecule has 0 saturated heterocycles. The van der Waals surface area contributed by atoms with Crippen molar-refractivity contribution < 1.29 is 20.4 Å². The van der Waals surface area contributed by atoms with Gasteiger partial charge < -0.3 is 26.2 Å². The first kappa shape index (κ1) is 13.3. The molecule has 0 amide bonds. The van der Waals surface area contributed by atoms with Crippen molar-refractivity contribution in [3.05, 3.63) is 46.5 Å². The van der Waals surface area contributed by atoms with Crippen LogP contribution in [0.1, 0.15) is 28.2 Å². The molecule has 0 fully saturated rings. The lowest BCUT2D eigenvalue weighted by Gasteiger charge is -2.19. The first-order valence-corrected chi connectivity index (χ1v) is 6.51. The van der Waals surface area contributed by atoms with E-state index in [9.17, 15) is 20.4 Å². The van der Waals surface area contributed by atoms with Crippen molar-refractivity contribution in [2.24, 2.45) is 5.73 Å². The molecule has 0 atom stereocenters. The molecule has 1 aliphatic rings. The molecule has 0 unspecified atom stereocenters. The third-order valence-corrected chi connectivity index (χ3v) is 3.79. The number of hydrogen-bond acceptors (Lipinski definition) is 5. The van der Waals surface area contributed by atoms with E-state index in [-0.39, 0.29) is 35.5 Å². The highest BCUT2D eigenvalue weighted by molar-refractivity contribution is 5.79. The molecule has 2 aromatic rings. The molecule has 0 spiro atoms. The zero-order chi connectivity index (χ0) is 15.1. The van der Waals surface area contributed by atoms with Gasteiger partial charge in [0.2, 0.25) is 0 Å². The molecule has 0 bridgehead atoms.